The fraction of sp³-hybridized carbons (Fsp3) is 0.240. The average Bonchev–Trinajstić information content (AvgIpc) is 2.83. The Bertz CT molecular complexity index is 1320. The Hall–Kier alpha value is -2.29. The Morgan fingerprint density at radius 3 is 2.40 bits per heavy atom. The third-order valence-corrected chi connectivity index (χ3v) is 8.57. The van der Waals surface area contributed by atoms with Crippen LogP contribution in [0.5, 0.6) is 0 Å². The summed E-state index contributed by atoms with van der Waals surface area (Å²) in [6.45, 7) is 0.714. The number of nitrogens with zero attached hydrogens (tertiary/aromatic N) is 1. The molecule has 0 saturated carbocycles. The largest absolute Gasteiger partial charge is 0.298 e. The predicted molar refractivity (Wildman–Crippen MR) is 141 cm³/mol. The molecule has 1 aliphatic rings. The molecule has 0 aromatic heterocycles. The molecule has 1 unspecified atom stereocenters. The molecule has 10 heteroatoms. The summed E-state index contributed by atoms with van der Waals surface area (Å²) in [5, 5.41) is 1.52. The van der Waals surface area contributed by atoms with Crippen molar-refractivity contribution >= 4 is 56.4 Å². The van der Waals surface area contributed by atoms with Gasteiger partial charge in [-0.2, -0.15) is 4.31 Å². The van der Waals surface area contributed by atoms with Gasteiger partial charge in [0.15, 0.2) is 0 Å². The number of hydrogen-bond acceptors (Lipinski definition) is 4. The summed E-state index contributed by atoms with van der Waals surface area (Å²) in [5.41, 5.74) is 7.99. The number of rotatable bonds is 7. The van der Waals surface area contributed by atoms with E-state index in [4.69, 9.17) is 34.8 Å². The van der Waals surface area contributed by atoms with Crippen molar-refractivity contribution in [2.45, 2.75) is 24.2 Å². The summed E-state index contributed by atoms with van der Waals surface area (Å²) in [4.78, 5) is 12.9. The standard InChI is InChI=1S/C25H24Cl3N3O3S/c26-18-7-10-20(11-8-18)35(33,34)31-13-3-4-17(16-31)14-25(32)30-29-24-6-2-1-5-22(24)21-12-9-19(27)15-23(21)28/h1-2,5-12,15,17,29H,3-4,13-14,16H2,(H,30,32). The number of hydrogen-bond donors (Lipinski definition) is 2. The van der Waals surface area contributed by atoms with E-state index in [1.165, 1.54) is 16.4 Å². The molecule has 0 aliphatic carbocycles. The second kappa shape index (κ2) is 11.2. The monoisotopic (exact) mass is 551 g/mol. The SMILES string of the molecule is O=C(CC1CCCN(S(=O)(=O)c2ccc(Cl)cc2)C1)NNc1ccccc1-c1ccc(Cl)cc1Cl. The molecular weight excluding hydrogens is 529 g/mol. The van der Waals surface area contributed by atoms with Crippen LogP contribution in [0.1, 0.15) is 19.3 Å². The van der Waals surface area contributed by atoms with Crippen molar-refractivity contribution in [2.75, 3.05) is 18.5 Å². The molecule has 6 nitrogen and oxygen atoms in total. The minimum atomic E-state index is -3.64. The lowest BCUT2D eigenvalue weighted by atomic mass is 9.96. The smallest absolute Gasteiger partial charge is 0.243 e. The zero-order chi connectivity index (χ0) is 25.0. The van der Waals surface area contributed by atoms with Crippen LogP contribution in [-0.4, -0.2) is 31.7 Å². The number of amides is 1. The summed E-state index contributed by atoms with van der Waals surface area (Å²) < 4.78 is 27.5. The molecule has 1 aliphatic heterocycles. The Kier molecular flexibility index (Phi) is 8.24. The third-order valence-electron chi connectivity index (χ3n) is 5.89. The molecule has 1 amide bonds. The fourth-order valence-corrected chi connectivity index (χ4v) is 6.34. The summed E-state index contributed by atoms with van der Waals surface area (Å²) in [7, 11) is -3.64. The number of hydrazine groups is 1. The number of para-hydroxylation sites is 1. The Morgan fingerprint density at radius 1 is 0.943 bits per heavy atom. The van der Waals surface area contributed by atoms with Gasteiger partial charge in [0, 0.05) is 45.7 Å². The molecule has 35 heavy (non-hydrogen) atoms. The highest BCUT2D eigenvalue weighted by Gasteiger charge is 2.31. The van der Waals surface area contributed by atoms with Crippen LogP contribution >= 0.6 is 34.8 Å². The van der Waals surface area contributed by atoms with Gasteiger partial charge < -0.3 is 0 Å². The number of nitrogens with one attached hydrogen (secondary N) is 2. The topological polar surface area (TPSA) is 78.5 Å². The number of carbonyl (C=O) groups is 1. The van der Waals surface area contributed by atoms with Crippen LogP contribution in [0, 0.1) is 5.92 Å². The first kappa shape index (κ1) is 25.8. The Balaban J connectivity index is 1.39. The number of sulfonamides is 1. The second-order valence-corrected chi connectivity index (χ2v) is 11.6. The van der Waals surface area contributed by atoms with Crippen molar-refractivity contribution in [3.8, 4) is 11.1 Å². The number of carbonyl (C=O) groups excluding carboxylic acids is 1. The zero-order valence-corrected chi connectivity index (χ0v) is 21.8. The van der Waals surface area contributed by atoms with Crippen molar-refractivity contribution < 1.29 is 13.2 Å². The average molecular weight is 553 g/mol. The van der Waals surface area contributed by atoms with Gasteiger partial charge in [0.1, 0.15) is 0 Å². The normalized spacial score (nSPS) is 16.6. The number of benzene rings is 3. The minimum Gasteiger partial charge on any atom is -0.298 e. The molecule has 2 N–H and O–H groups in total. The van der Waals surface area contributed by atoms with E-state index < -0.39 is 10.0 Å². The van der Waals surface area contributed by atoms with E-state index in [9.17, 15) is 13.2 Å². The van der Waals surface area contributed by atoms with Crippen LogP contribution in [0.2, 0.25) is 15.1 Å². The second-order valence-electron chi connectivity index (χ2n) is 8.37. The van der Waals surface area contributed by atoms with Crippen molar-refractivity contribution in [1.82, 2.24) is 9.73 Å². The van der Waals surface area contributed by atoms with Crippen LogP contribution in [0.4, 0.5) is 5.69 Å². The van der Waals surface area contributed by atoms with Crippen LogP contribution in [0.15, 0.2) is 71.6 Å². The fourth-order valence-electron chi connectivity index (χ4n) is 4.15. The number of anilines is 1. The van der Waals surface area contributed by atoms with E-state index in [1.54, 1.807) is 24.3 Å². The zero-order valence-electron chi connectivity index (χ0n) is 18.7. The van der Waals surface area contributed by atoms with Crippen molar-refractivity contribution in [2.24, 2.45) is 5.92 Å². The van der Waals surface area contributed by atoms with Gasteiger partial charge in [-0.25, -0.2) is 8.42 Å². The molecule has 3 aromatic carbocycles. The van der Waals surface area contributed by atoms with Gasteiger partial charge in [-0.15, -0.1) is 0 Å². The van der Waals surface area contributed by atoms with E-state index in [0.29, 0.717) is 33.7 Å². The number of halogens is 3. The quantitative estimate of drug-likeness (QED) is 0.340. The summed E-state index contributed by atoms with van der Waals surface area (Å²) in [6.07, 6.45) is 1.66. The van der Waals surface area contributed by atoms with Gasteiger partial charge in [-0.1, -0.05) is 59.1 Å². The molecule has 184 valence electrons. The Morgan fingerprint density at radius 2 is 1.66 bits per heavy atom. The summed E-state index contributed by atoms with van der Waals surface area (Å²) >= 11 is 18.3. The summed E-state index contributed by atoms with van der Waals surface area (Å²) in [5.74, 6) is -0.314. The van der Waals surface area contributed by atoms with Gasteiger partial charge in [-0.3, -0.25) is 15.6 Å². The van der Waals surface area contributed by atoms with Gasteiger partial charge >= 0.3 is 0 Å². The molecular formula is C25H24Cl3N3O3S. The van der Waals surface area contributed by atoms with Crippen LogP contribution in [0.3, 0.4) is 0 Å². The Labute approximate surface area is 220 Å². The molecule has 1 fully saturated rings. The van der Waals surface area contributed by atoms with Crippen LogP contribution in [0.25, 0.3) is 11.1 Å². The van der Waals surface area contributed by atoms with Crippen molar-refractivity contribution in [3.05, 3.63) is 81.8 Å². The maximum atomic E-state index is 13.0. The first-order valence-corrected chi connectivity index (χ1v) is 13.7. The minimum absolute atomic E-state index is 0.0893. The lowest BCUT2D eigenvalue weighted by molar-refractivity contribution is -0.121. The van der Waals surface area contributed by atoms with E-state index in [0.717, 1.165) is 17.5 Å². The maximum absolute atomic E-state index is 13.0. The van der Waals surface area contributed by atoms with Crippen LogP contribution in [-0.2, 0) is 14.8 Å². The molecule has 0 spiro atoms. The highest BCUT2D eigenvalue weighted by molar-refractivity contribution is 7.89. The van der Waals surface area contributed by atoms with Crippen LogP contribution < -0.4 is 10.9 Å². The first-order chi connectivity index (χ1) is 16.7. The van der Waals surface area contributed by atoms with E-state index in [2.05, 4.69) is 10.9 Å². The van der Waals surface area contributed by atoms with E-state index in [-0.39, 0.29) is 29.7 Å². The highest BCUT2D eigenvalue weighted by atomic mass is 35.5. The number of piperidine rings is 1. The first-order valence-electron chi connectivity index (χ1n) is 11.1. The van der Waals surface area contributed by atoms with E-state index in [1.807, 2.05) is 30.3 Å². The third kappa shape index (κ3) is 6.29. The predicted octanol–water partition coefficient (Wildman–Crippen LogP) is 6.25. The maximum Gasteiger partial charge on any atom is 0.243 e. The molecule has 4 rings (SSSR count). The molecule has 1 saturated heterocycles. The molecule has 0 bridgehead atoms. The lowest BCUT2D eigenvalue weighted by Crippen LogP contribution is -2.41. The van der Waals surface area contributed by atoms with E-state index >= 15 is 0 Å². The summed E-state index contributed by atoms with van der Waals surface area (Å²) in [6, 6.07) is 18.8. The van der Waals surface area contributed by atoms with Gasteiger partial charge in [0.2, 0.25) is 15.9 Å². The molecule has 1 heterocycles. The van der Waals surface area contributed by atoms with Crippen molar-refractivity contribution in [1.29, 1.82) is 0 Å². The van der Waals surface area contributed by atoms with Crippen molar-refractivity contribution in [3.63, 3.8) is 0 Å². The van der Waals surface area contributed by atoms with Gasteiger partial charge in [-0.05, 0) is 61.2 Å². The van der Waals surface area contributed by atoms with Gasteiger partial charge in [0.05, 0.1) is 10.6 Å². The highest BCUT2D eigenvalue weighted by Crippen LogP contribution is 2.34. The molecule has 0 radical (unpaired) electrons. The molecule has 3 aromatic rings. The lowest BCUT2D eigenvalue weighted by Gasteiger charge is -2.31. The van der Waals surface area contributed by atoms with Gasteiger partial charge in [0.25, 0.3) is 0 Å². The molecule has 1 atom stereocenters.